The summed E-state index contributed by atoms with van der Waals surface area (Å²) >= 11 is 0. The maximum Gasteiger partial charge on any atom is 0.0991 e. The summed E-state index contributed by atoms with van der Waals surface area (Å²) in [4.78, 5) is 0. The molecule has 0 spiro atoms. The molecular weight excluding hydrogens is 150 g/mol. The van der Waals surface area contributed by atoms with Gasteiger partial charge >= 0.3 is 0 Å². The lowest BCUT2D eigenvalue weighted by Gasteiger charge is -2.02. The van der Waals surface area contributed by atoms with Crippen LogP contribution in [0.4, 0.5) is 0 Å². The number of fused-ring (bicyclic) bond motifs is 1. The van der Waals surface area contributed by atoms with Gasteiger partial charge in [-0.1, -0.05) is 6.07 Å². The van der Waals surface area contributed by atoms with Crippen LogP contribution in [0.3, 0.4) is 0 Å². The van der Waals surface area contributed by atoms with Crippen LogP contribution in [0.15, 0.2) is 18.2 Å². The van der Waals surface area contributed by atoms with Crippen LogP contribution in [0.5, 0.6) is 0 Å². The Balaban J connectivity index is 2.50. The molecule has 0 amide bonds. The van der Waals surface area contributed by atoms with Gasteiger partial charge in [0.05, 0.1) is 17.7 Å². The van der Waals surface area contributed by atoms with E-state index in [9.17, 15) is 5.11 Å². The Labute approximate surface area is 71.1 Å². The molecule has 2 nitrogen and oxygen atoms in total. The Hall–Kier alpha value is -1.33. The van der Waals surface area contributed by atoms with Crippen molar-refractivity contribution in [2.45, 2.75) is 18.9 Å². The minimum Gasteiger partial charge on any atom is -0.388 e. The number of rotatable bonds is 0. The van der Waals surface area contributed by atoms with Gasteiger partial charge < -0.3 is 5.11 Å². The number of benzene rings is 1. The molecule has 0 fully saturated rings. The minimum atomic E-state index is -0.312. The zero-order chi connectivity index (χ0) is 8.55. The summed E-state index contributed by atoms with van der Waals surface area (Å²) < 4.78 is 0. The van der Waals surface area contributed by atoms with E-state index in [1.807, 2.05) is 12.1 Å². The maximum absolute atomic E-state index is 9.46. The van der Waals surface area contributed by atoms with Crippen LogP contribution in [-0.2, 0) is 6.42 Å². The van der Waals surface area contributed by atoms with Gasteiger partial charge in [-0.3, -0.25) is 0 Å². The SMILES string of the molecule is N#Cc1ccc2c(c1)CC[C@@H]2O. The van der Waals surface area contributed by atoms with E-state index in [4.69, 9.17) is 5.26 Å². The number of hydrogen-bond acceptors (Lipinski definition) is 2. The van der Waals surface area contributed by atoms with E-state index < -0.39 is 0 Å². The molecule has 2 rings (SSSR count). The largest absolute Gasteiger partial charge is 0.388 e. The van der Waals surface area contributed by atoms with Crippen LogP contribution in [0.2, 0.25) is 0 Å². The molecule has 1 aromatic carbocycles. The zero-order valence-electron chi connectivity index (χ0n) is 6.62. The molecule has 0 aliphatic heterocycles. The van der Waals surface area contributed by atoms with Crippen LogP contribution >= 0.6 is 0 Å². The number of aliphatic hydroxyl groups excluding tert-OH is 1. The third-order valence-electron chi connectivity index (χ3n) is 2.32. The van der Waals surface area contributed by atoms with E-state index in [1.54, 1.807) is 6.07 Å². The lowest BCUT2D eigenvalue weighted by Crippen LogP contribution is -1.89. The van der Waals surface area contributed by atoms with Crippen LogP contribution in [-0.4, -0.2) is 5.11 Å². The fraction of sp³-hybridized carbons (Fsp3) is 0.300. The highest BCUT2D eigenvalue weighted by Crippen LogP contribution is 2.31. The summed E-state index contributed by atoms with van der Waals surface area (Å²) in [5, 5.41) is 18.1. The van der Waals surface area contributed by atoms with Crippen molar-refractivity contribution in [1.29, 1.82) is 5.26 Å². The molecular formula is C10H9NO. The number of aliphatic hydroxyl groups is 1. The summed E-state index contributed by atoms with van der Waals surface area (Å²) in [7, 11) is 0. The highest BCUT2D eigenvalue weighted by molar-refractivity contribution is 5.41. The van der Waals surface area contributed by atoms with Gasteiger partial charge in [0.25, 0.3) is 0 Å². The van der Waals surface area contributed by atoms with Crippen molar-refractivity contribution in [1.82, 2.24) is 0 Å². The Bertz CT molecular complexity index is 351. The summed E-state index contributed by atoms with van der Waals surface area (Å²) in [5.74, 6) is 0. The lowest BCUT2D eigenvalue weighted by molar-refractivity contribution is 0.180. The van der Waals surface area contributed by atoms with Crippen LogP contribution in [0, 0.1) is 11.3 Å². The number of nitriles is 1. The van der Waals surface area contributed by atoms with E-state index >= 15 is 0 Å². The smallest absolute Gasteiger partial charge is 0.0991 e. The molecule has 1 aromatic rings. The van der Waals surface area contributed by atoms with Gasteiger partial charge in [-0.25, -0.2) is 0 Å². The first-order valence-corrected chi connectivity index (χ1v) is 4.02. The summed E-state index contributed by atoms with van der Waals surface area (Å²) in [6, 6.07) is 7.57. The highest BCUT2D eigenvalue weighted by atomic mass is 16.3. The van der Waals surface area contributed by atoms with Crippen molar-refractivity contribution in [3.05, 3.63) is 34.9 Å². The molecule has 0 heterocycles. The predicted octanol–water partition coefficient (Wildman–Crippen LogP) is 1.54. The Morgan fingerprint density at radius 2 is 2.33 bits per heavy atom. The van der Waals surface area contributed by atoms with Crippen molar-refractivity contribution < 1.29 is 5.11 Å². The van der Waals surface area contributed by atoms with E-state index in [1.165, 1.54) is 0 Å². The second-order valence-electron chi connectivity index (χ2n) is 3.08. The second kappa shape index (κ2) is 2.62. The topological polar surface area (TPSA) is 44.0 Å². The standard InChI is InChI=1S/C10H9NO/c11-6-7-1-3-9-8(5-7)2-4-10(9)12/h1,3,5,10,12H,2,4H2/t10-/m0/s1. The molecule has 2 heteroatoms. The molecule has 1 aliphatic rings. The van der Waals surface area contributed by atoms with E-state index in [-0.39, 0.29) is 6.10 Å². The molecule has 0 saturated carbocycles. The maximum atomic E-state index is 9.46. The molecule has 60 valence electrons. The number of hydrogen-bond donors (Lipinski definition) is 1. The molecule has 0 saturated heterocycles. The van der Waals surface area contributed by atoms with E-state index in [0.717, 1.165) is 24.0 Å². The summed E-state index contributed by atoms with van der Waals surface area (Å²) in [6.45, 7) is 0. The molecule has 0 aromatic heterocycles. The normalized spacial score (nSPS) is 20.2. The van der Waals surface area contributed by atoms with Crippen molar-refractivity contribution in [2.24, 2.45) is 0 Å². The number of nitrogens with zero attached hydrogens (tertiary/aromatic N) is 1. The molecule has 0 bridgehead atoms. The van der Waals surface area contributed by atoms with Crippen LogP contribution in [0.25, 0.3) is 0 Å². The quantitative estimate of drug-likeness (QED) is 0.624. The predicted molar refractivity (Wildman–Crippen MR) is 44.4 cm³/mol. The van der Waals surface area contributed by atoms with Gasteiger partial charge in [0, 0.05) is 0 Å². The molecule has 0 radical (unpaired) electrons. The molecule has 12 heavy (non-hydrogen) atoms. The highest BCUT2D eigenvalue weighted by Gasteiger charge is 2.19. The van der Waals surface area contributed by atoms with Gasteiger partial charge in [0.2, 0.25) is 0 Å². The third-order valence-corrected chi connectivity index (χ3v) is 2.32. The molecule has 1 aliphatic carbocycles. The lowest BCUT2D eigenvalue weighted by atomic mass is 10.1. The average Bonchev–Trinajstić information content (AvgIpc) is 2.47. The van der Waals surface area contributed by atoms with E-state index in [2.05, 4.69) is 6.07 Å². The minimum absolute atomic E-state index is 0.312. The fourth-order valence-electron chi connectivity index (χ4n) is 1.66. The first kappa shape index (κ1) is 7.33. The Morgan fingerprint density at radius 3 is 3.08 bits per heavy atom. The van der Waals surface area contributed by atoms with Gasteiger partial charge in [-0.2, -0.15) is 5.26 Å². The number of aryl methyl sites for hydroxylation is 1. The van der Waals surface area contributed by atoms with Crippen molar-refractivity contribution in [3.8, 4) is 6.07 Å². The Morgan fingerprint density at radius 1 is 1.50 bits per heavy atom. The Kier molecular flexibility index (Phi) is 1.60. The van der Waals surface area contributed by atoms with Crippen molar-refractivity contribution >= 4 is 0 Å². The van der Waals surface area contributed by atoms with Gasteiger partial charge in [-0.15, -0.1) is 0 Å². The second-order valence-corrected chi connectivity index (χ2v) is 3.08. The third kappa shape index (κ3) is 0.992. The average molecular weight is 159 g/mol. The molecule has 1 atom stereocenters. The van der Waals surface area contributed by atoms with Crippen molar-refractivity contribution in [2.75, 3.05) is 0 Å². The van der Waals surface area contributed by atoms with Gasteiger partial charge in [-0.05, 0) is 36.1 Å². The first-order valence-electron chi connectivity index (χ1n) is 4.02. The molecule has 1 N–H and O–H groups in total. The van der Waals surface area contributed by atoms with Gasteiger partial charge in [0.1, 0.15) is 0 Å². The van der Waals surface area contributed by atoms with Crippen molar-refractivity contribution in [3.63, 3.8) is 0 Å². The van der Waals surface area contributed by atoms with E-state index in [0.29, 0.717) is 5.56 Å². The zero-order valence-corrected chi connectivity index (χ0v) is 6.62. The summed E-state index contributed by atoms with van der Waals surface area (Å²) in [5.41, 5.74) is 2.80. The summed E-state index contributed by atoms with van der Waals surface area (Å²) in [6.07, 6.45) is 1.38. The van der Waals surface area contributed by atoms with Gasteiger partial charge in [0.15, 0.2) is 0 Å². The monoisotopic (exact) mass is 159 g/mol. The van der Waals surface area contributed by atoms with Crippen LogP contribution in [0.1, 0.15) is 29.2 Å². The first-order chi connectivity index (χ1) is 5.81. The molecule has 0 unspecified atom stereocenters. The fourth-order valence-corrected chi connectivity index (χ4v) is 1.66. The van der Waals surface area contributed by atoms with Crippen LogP contribution < -0.4 is 0 Å².